The number of benzene rings is 14. The van der Waals surface area contributed by atoms with Gasteiger partial charge in [0, 0.05) is 67.6 Å². The highest BCUT2D eigenvalue weighted by Gasteiger charge is 2.72. The molecule has 0 heterocycles. The summed E-state index contributed by atoms with van der Waals surface area (Å²) in [7, 11) is 0. The average Bonchev–Trinajstić information content (AvgIpc) is 0.739. The minimum absolute atomic E-state index is 0.359. The zero-order chi connectivity index (χ0) is 63.5. The molecular formula is C83H58F6N4. The van der Waals surface area contributed by atoms with E-state index in [4.69, 9.17) is 0 Å². The van der Waals surface area contributed by atoms with E-state index in [1.54, 1.807) is 0 Å². The maximum atomic E-state index is 16.0. The summed E-state index contributed by atoms with van der Waals surface area (Å²) < 4.78 is 95.9. The molecule has 10 heteroatoms. The van der Waals surface area contributed by atoms with Crippen LogP contribution in [0.25, 0.3) is 43.8 Å². The smallest absolute Gasteiger partial charge is 0.311 e. The molecule has 0 saturated heterocycles. The first-order chi connectivity index (χ1) is 45.4. The van der Waals surface area contributed by atoms with Crippen molar-refractivity contribution in [1.29, 1.82) is 0 Å². The minimum Gasteiger partial charge on any atom is -0.311 e. The summed E-state index contributed by atoms with van der Waals surface area (Å²) in [6.45, 7) is 0. The number of fused-ring (bicyclic) bond motifs is 2. The van der Waals surface area contributed by atoms with Gasteiger partial charge in [0.05, 0.1) is 11.4 Å². The van der Waals surface area contributed by atoms with Crippen LogP contribution in [0.5, 0.6) is 0 Å². The third kappa shape index (κ3) is 11.4. The normalized spacial score (nSPS) is 11.8. The van der Waals surface area contributed by atoms with E-state index in [1.807, 2.05) is 180 Å². The molecule has 0 bridgehead atoms. The largest absolute Gasteiger partial charge is 0.411 e. The molecule has 0 amide bonds. The molecule has 0 aliphatic heterocycles. The predicted octanol–water partition coefficient (Wildman–Crippen LogP) is 24.6. The highest BCUT2D eigenvalue weighted by Crippen LogP contribution is 2.57. The Morgan fingerprint density at radius 3 is 0.677 bits per heavy atom. The molecule has 452 valence electrons. The van der Waals surface area contributed by atoms with Crippen LogP contribution in [0.2, 0.25) is 0 Å². The summed E-state index contributed by atoms with van der Waals surface area (Å²) >= 11 is 0. The summed E-state index contributed by atoms with van der Waals surface area (Å²) in [5, 5.41) is 4.48. The van der Waals surface area contributed by atoms with Gasteiger partial charge in [-0.3, -0.25) is 0 Å². The number of para-hydroxylation sites is 4. The van der Waals surface area contributed by atoms with Crippen LogP contribution in [0.4, 0.5) is 94.6 Å². The zero-order valence-electron chi connectivity index (χ0n) is 50.0. The molecule has 14 aromatic carbocycles. The SMILES string of the molecule is FC(F)(F)C(c1ccc(N(c2ccccc2)c2ccc(-c3ccc(N(c4ccccc4)c4cccc5ccccc45)cc3)cc2)cc1)(c1ccc(N(c2ccccc2)c2ccc(-c3ccc(N(c4ccccc4)c4cccc5ccccc45)cc3)cc2)cc1)C(F)(F)F. The van der Waals surface area contributed by atoms with Gasteiger partial charge in [-0.2, -0.15) is 26.3 Å². The fourth-order valence-electron chi connectivity index (χ4n) is 12.8. The van der Waals surface area contributed by atoms with Crippen LogP contribution in [0, 0.1) is 0 Å². The average molecular weight is 1230 g/mol. The second-order valence-corrected chi connectivity index (χ2v) is 22.7. The van der Waals surface area contributed by atoms with Crippen molar-refractivity contribution in [3.05, 3.63) is 363 Å². The van der Waals surface area contributed by atoms with E-state index >= 15 is 26.3 Å². The standard InChI is InChI=1S/C83H58F6N4/c84-82(85,86)81(83(87,88)89,65-43-55-73(56-44-65)90(67-23-5-1-6-24-67)71-47-35-59(36-48-71)61-39-51-75(52-40-61)92(69-27-9-3-10-28-69)79-33-17-21-63-19-13-15-31-77(63)79)66-45-57-74(58-46-66)91(68-25-7-2-8-26-68)72-49-37-60(38-50-72)62-41-53-76(54-42-62)93(70-29-11-4-12-30-70)80-34-18-22-64-20-14-16-32-78(64)80/h1-58H. The predicted molar refractivity (Wildman–Crippen MR) is 370 cm³/mol. The monoisotopic (exact) mass is 1220 g/mol. The van der Waals surface area contributed by atoms with Gasteiger partial charge in [0.2, 0.25) is 5.41 Å². The molecule has 0 fully saturated rings. The number of anilines is 12. The van der Waals surface area contributed by atoms with Crippen LogP contribution in [-0.2, 0) is 5.41 Å². The Hall–Kier alpha value is -11.6. The molecule has 0 radical (unpaired) electrons. The van der Waals surface area contributed by atoms with Crippen molar-refractivity contribution in [3.8, 4) is 22.3 Å². The molecule has 0 spiro atoms. The van der Waals surface area contributed by atoms with Gasteiger partial charge in [0.1, 0.15) is 0 Å². The second kappa shape index (κ2) is 25.0. The molecule has 0 aliphatic rings. The van der Waals surface area contributed by atoms with E-state index in [0.717, 1.165) is 102 Å². The lowest BCUT2D eigenvalue weighted by Gasteiger charge is -2.39. The van der Waals surface area contributed by atoms with Gasteiger partial charge in [-0.1, -0.05) is 218 Å². The lowest BCUT2D eigenvalue weighted by Crippen LogP contribution is -2.54. The summed E-state index contributed by atoms with van der Waals surface area (Å²) in [6.07, 6.45) is -11.6. The Kier molecular flexibility index (Phi) is 15.9. The van der Waals surface area contributed by atoms with Gasteiger partial charge in [-0.15, -0.1) is 0 Å². The van der Waals surface area contributed by atoms with Gasteiger partial charge in [-0.05, 0) is 178 Å². The molecular weight excluding hydrogens is 1170 g/mol. The van der Waals surface area contributed by atoms with Crippen LogP contribution in [-0.4, -0.2) is 12.4 Å². The highest BCUT2D eigenvalue weighted by atomic mass is 19.4. The van der Waals surface area contributed by atoms with Gasteiger partial charge >= 0.3 is 12.4 Å². The Morgan fingerprint density at radius 2 is 0.398 bits per heavy atom. The number of alkyl halides is 6. The maximum Gasteiger partial charge on any atom is 0.411 e. The maximum absolute atomic E-state index is 16.0. The molecule has 4 nitrogen and oxygen atoms in total. The quantitative estimate of drug-likeness (QED) is 0.0894. The number of halogens is 6. The summed E-state index contributed by atoms with van der Waals surface area (Å²) in [6, 6.07) is 109. The fraction of sp³-hybridized carbons (Fsp3) is 0.0361. The molecule has 14 aromatic rings. The Labute approximate surface area is 536 Å². The van der Waals surface area contributed by atoms with E-state index in [0.29, 0.717) is 34.1 Å². The molecule has 0 aromatic heterocycles. The van der Waals surface area contributed by atoms with E-state index in [2.05, 4.69) is 143 Å². The third-order valence-electron chi connectivity index (χ3n) is 17.2. The zero-order valence-corrected chi connectivity index (χ0v) is 50.0. The lowest BCUT2D eigenvalue weighted by molar-refractivity contribution is -0.288. The van der Waals surface area contributed by atoms with Crippen LogP contribution in [0.15, 0.2) is 352 Å². The number of hydrogen-bond donors (Lipinski definition) is 0. The molecule has 93 heavy (non-hydrogen) atoms. The van der Waals surface area contributed by atoms with Crippen LogP contribution >= 0.6 is 0 Å². The fourth-order valence-corrected chi connectivity index (χ4v) is 12.8. The van der Waals surface area contributed by atoms with E-state index in [9.17, 15) is 0 Å². The first-order valence-corrected chi connectivity index (χ1v) is 30.5. The molecule has 0 N–H and O–H groups in total. The van der Waals surface area contributed by atoms with Crippen molar-refractivity contribution in [2.45, 2.75) is 17.8 Å². The summed E-state index contributed by atoms with van der Waals surface area (Å²) in [4.78, 5) is 8.09. The van der Waals surface area contributed by atoms with Crippen molar-refractivity contribution in [3.63, 3.8) is 0 Å². The topological polar surface area (TPSA) is 13.0 Å². The second-order valence-electron chi connectivity index (χ2n) is 22.7. The number of rotatable bonds is 16. The Balaban J connectivity index is 0.750. The van der Waals surface area contributed by atoms with Gasteiger partial charge in [-0.25, -0.2) is 0 Å². The first kappa shape index (κ1) is 59.0. The van der Waals surface area contributed by atoms with E-state index in [-0.39, 0.29) is 0 Å². The molecule has 14 rings (SSSR count). The highest BCUT2D eigenvalue weighted by molar-refractivity contribution is 6.00. The Bertz CT molecular complexity index is 4520. The number of hydrogen-bond acceptors (Lipinski definition) is 4. The van der Waals surface area contributed by atoms with Crippen molar-refractivity contribution < 1.29 is 26.3 Å². The first-order valence-electron chi connectivity index (χ1n) is 30.5. The van der Waals surface area contributed by atoms with Gasteiger partial charge < -0.3 is 19.6 Å². The van der Waals surface area contributed by atoms with Crippen molar-refractivity contribution >= 4 is 89.8 Å². The summed E-state index contributed by atoms with van der Waals surface area (Å²) in [5.41, 5.74) is 6.68. The molecule has 0 atom stereocenters. The van der Waals surface area contributed by atoms with Crippen LogP contribution in [0.1, 0.15) is 11.1 Å². The summed E-state index contributed by atoms with van der Waals surface area (Å²) in [5.74, 6) is 0. The van der Waals surface area contributed by atoms with Gasteiger partial charge in [0.15, 0.2) is 0 Å². The molecule has 0 aliphatic carbocycles. The molecule has 0 saturated carbocycles. The van der Waals surface area contributed by atoms with Crippen LogP contribution < -0.4 is 19.6 Å². The Morgan fingerprint density at radius 1 is 0.183 bits per heavy atom. The third-order valence-corrected chi connectivity index (χ3v) is 17.2. The molecule has 0 unspecified atom stereocenters. The van der Waals surface area contributed by atoms with E-state index in [1.165, 1.54) is 24.3 Å². The van der Waals surface area contributed by atoms with Crippen molar-refractivity contribution in [1.82, 2.24) is 0 Å². The van der Waals surface area contributed by atoms with E-state index < -0.39 is 28.9 Å². The van der Waals surface area contributed by atoms with Gasteiger partial charge in [0.25, 0.3) is 0 Å². The van der Waals surface area contributed by atoms with Crippen molar-refractivity contribution in [2.24, 2.45) is 0 Å². The van der Waals surface area contributed by atoms with Crippen molar-refractivity contribution in [2.75, 3.05) is 19.6 Å². The number of nitrogens with zero attached hydrogens (tertiary/aromatic N) is 4. The van der Waals surface area contributed by atoms with Crippen LogP contribution in [0.3, 0.4) is 0 Å². The lowest BCUT2D eigenvalue weighted by atomic mass is 9.72. The minimum atomic E-state index is -5.82.